The highest BCUT2D eigenvalue weighted by Crippen LogP contribution is 2.24. The first kappa shape index (κ1) is 13.4. The number of rotatable bonds is 5. The van der Waals surface area contributed by atoms with Gasteiger partial charge in [0.25, 0.3) is 0 Å². The van der Waals surface area contributed by atoms with Gasteiger partial charge >= 0.3 is 0 Å². The van der Waals surface area contributed by atoms with Crippen molar-refractivity contribution < 1.29 is 4.74 Å². The molecule has 0 bridgehead atoms. The summed E-state index contributed by atoms with van der Waals surface area (Å²) < 4.78 is 5.84. The summed E-state index contributed by atoms with van der Waals surface area (Å²) in [6.07, 6.45) is 4.80. The molecule has 0 unspecified atom stereocenters. The molecular weight excluding hydrogens is 260 g/mol. The van der Waals surface area contributed by atoms with Crippen molar-refractivity contribution in [2.24, 2.45) is 4.99 Å². The minimum absolute atomic E-state index is 0.586. The Hall–Kier alpha value is -2.55. The van der Waals surface area contributed by atoms with Crippen LogP contribution in [0.4, 0.5) is 0 Å². The first-order valence-corrected chi connectivity index (χ1v) is 7.04. The molecule has 3 rings (SSSR count). The van der Waals surface area contributed by atoms with Gasteiger partial charge in [0.05, 0.1) is 0 Å². The first-order chi connectivity index (χ1) is 10.4. The molecule has 1 heterocycles. The zero-order valence-corrected chi connectivity index (χ0v) is 12.0. The highest BCUT2D eigenvalue weighted by molar-refractivity contribution is 5.86. The number of hydrogen-bond acceptors (Lipinski definition) is 2. The van der Waals surface area contributed by atoms with E-state index in [9.17, 15) is 0 Å². The molecular formula is C18H18N2O. The van der Waals surface area contributed by atoms with Crippen LogP contribution in [0, 0.1) is 0 Å². The molecule has 2 aromatic carbocycles. The van der Waals surface area contributed by atoms with Crippen LogP contribution in [0.3, 0.4) is 0 Å². The fourth-order valence-electron chi connectivity index (χ4n) is 2.35. The number of hydrogen-bond donors (Lipinski definition) is 1. The van der Waals surface area contributed by atoms with E-state index in [2.05, 4.69) is 28.2 Å². The molecule has 0 aliphatic rings. The minimum atomic E-state index is 0.586. The Labute approximate surface area is 124 Å². The molecule has 0 saturated carbocycles. The van der Waals surface area contributed by atoms with Gasteiger partial charge < -0.3 is 14.7 Å². The van der Waals surface area contributed by atoms with E-state index in [1.165, 1.54) is 16.5 Å². The molecule has 0 aliphatic heterocycles. The Balaban J connectivity index is 1.75. The molecule has 0 radical (unpaired) electrons. The lowest BCUT2D eigenvalue weighted by Gasteiger charge is -2.06. The summed E-state index contributed by atoms with van der Waals surface area (Å²) in [5.41, 5.74) is 3.52. The molecule has 0 amide bonds. The third-order valence-corrected chi connectivity index (χ3v) is 3.48. The quantitative estimate of drug-likeness (QED) is 0.704. The lowest BCUT2D eigenvalue weighted by Crippen LogP contribution is -1.94. The highest BCUT2D eigenvalue weighted by atomic mass is 16.5. The van der Waals surface area contributed by atoms with E-state index >= 15 is 0 Å². The summed E-state index contributed by atoms with van der Waals surface area (Å²) >= 11 is 0. The Morgan fingerprint density at radius 3 is 2.81 bits per heavy atom. The predicted molar refractivity (Wildman–Crippen MR) is 87.2 cm³/mol. The largest absolute Gasteiger partial charge is 0.489 e. The number of aliphatic imine (C=N–C) groups is 1. The van der Waals surface area contributed by atoms with Gasteiger partial charge in [-0.05, 0) is 23.3 Å². The smallest absolute Gasteiger partial charge is 0.121 e. The van der Waals surface area contributed by atoms with Crippen molar-refractivity contribution in [3.05, 3.63) is 65.9 Å². The van der Waals surface area contributed by atoms with Crippen molar-refractivity contribution in [2.75, 3.05) is 7.05 Å². The number of H-pyrrole nitrogens is 1. The van der Waals surface area contributed by atoms with Gasteiger partial charge in [-0.2, -0.15) is 0 Å². The molecule has 21 heavy (non-hydrogen) atoms. The first-order valence-electron chi connectivity index (χ1n) is 7.04. The van der Waals surface area contributed by atoms with Crippen LogP contribution in [-0.2, 0) is 13.0 Å². The van der Waals surface area contributed by atoms with Crippen molar-refractivity contribution in [3.8, 4) is 5.75 Å². The van der Waals surface area contributed by atoms with Crippen LogP contribution in [0.25, 0.3) is 10.9 Å². The van der Waals surface area contributed by atoms with Gasteiger partial charge in [0.15, 0.2) is 0 Å². The maximum absolute atomic E-state index is 5.84. The Kier molecular flexibility index (Phi) is 4.01. The predicted octanol–water partition coefficient (Wildman–Crippen LogP) is 3.99. The summed E-state index contributed by atoms with van der Waals surface area (Å²) in [5, 5.41) is 1.22. The Bertz CT molecular complexity index is 744. The van der Waals surface area contributed by atoms with Gasteiger partial charge in [-0.25, -0.2) is 0 Å². The molecule has 0 saturated heterocycles. The zero-order valence-electron chi connectivity index (χ0n) is 12.0. The van der Waals surface area contributed by atoms with Gasteiger partial charge in [-0.1, -0.05) is 30.3 Å². The summed E-state index contributed by atoms with van der Waals surface area (Å²) in [4.78, 5) is 7.33. The topological polar surface area (TPSA) is 37.4 Å². The van der Waals surface area contributed by atoms with Gasteiger partial charge in [0.2, 0.25) is 0 Å². The monoisotopic (exact) mass is 278 g/mol. The number of aromatic amines is 1. The fraction of sp³-hybridized carbons (Fsp3) is 0.167. The third kappa shape index (κ3) is 3.14. The van der Waals surface area contributed by atoms with E-state index < -0.39 is 0 Å². The lowest BCUT2D eigenvalue weighted by molar-refractivity contribution is 0.306. The van der Waals surface area contributed by atoms with E-state index in [4.69, 9.17) is 4.74 Å². The van der Waals surface area contributed by atoms with E-state index in [-0.39, 0.29) is 0 Å². The number of ether oxygens (including phenoxy) is 1. The molecule has 0 spiro atoms. The number of fused-ring (bicyclic) bond motifs is 1. The van der Waals surface area contributed by atoms with Crippen LogP contribution < -0.4 is 4.74 Å². The minimum Gasteiger partial charge on any atom is -0.489 e. The highest BCUT2D eigenvalue weighted by Gasteiger charge is 2.04. The second-order valence-corrected chi connectivity index (χ2v) is 4.94. The summed E-state index contributed by atoms with van der Waals surface area (Å²) in [7, 11) is 1.80. The number of aromatic nitrogens is 1. The lowest BCUT2D eigenvalue weighted by atomic mass is 10.1. The maximum atomic E-state index is 5.84. The standard InChI is InChI=1S/C18H18N2O/c1-19-10-9-15-12-20-18-11-16(7-8-17(15)18)21-13-14-5-3-2-4-6-14/h2-8,10-12,20H,9,13H2,1H3. The normalized spacial score (nSPS) is 11.3. The molecule has 1 aromatic heterocycles. The van der Waals surface area contributed by atoms with Crippen LogP contribution in [-0.4, -0.2) is 18.2 Å². The number of benzene rings is 2. The average molecular weight is 278 g/mol. The molecule has 106 valence electrons. The van der Waals surface area contributed by atoms with Crippen molar-refractivity contribution in [3.63, 3.8) is 0 Å². The van der Waals surface area contributed by atoms with Crippen molar-refractivity contribution >= 4 is 17.1 Å². The van der Waals surface area contributed by atoms with Gasteiger partial charge in [0, 0.05) is 42.8 Å². The van der Waals surface area contributed by atoms with Crippen LogP contribution in [0.1, 0.15) is 11.1 Å². The van der Waals surface area contributed by atoms with Crippen LogP contribution in [0.5, 0.6) is 5.75 Å². The zero-order chi connectivity index (χ0) is 14.5. The second kappa shape index (κ2) is 6.27. The van der Waals surface area contributed by atoms with Crippen molar-refractivity contribution in [1.82, 2.24) is 4.98 Å². The molecule has 3 nitrogen and oxygen atoms in total. The third-order valence-electron chi connectivity index (χ3n) is 3.48. The second-order valence-electron chi connectivity index (χ2n) is 4.94. The summed E-state index contributed by atoms with van der Waals surface area (Å²) in [5.74, 6) is 0.879. The van der Waals surface area contributed by atoms with Gasteiger partial charge in [0.1, 0.15) is 12.4 Å². The van der Waals surface area contributed by atoms with Crippen LogP contribution >= 0.6 is 0 Å². The summed E-state index contributed by atoms with van der Waals surface area (Å²) in [6, 6.07) is 16.4. The van der Waals surface area contributed by atoms with Crippen LogP contribution in [0.2, 0.25) is 0 Å². The van der Waals surface area contributed by atoms with E-state index in [1.54, 1.807) is 7.05 Å². The van der Waals surface area contributed by atoms with E-state index in [0.717, 1.165) is 17.7 Å². The molecule has 0 aliphatic carbocycles. The molecule has 3 aromatic rings. The Morgan fingerprint density at radius 1 is 1.14 bits per heavy atom. The van der Waals surface area contributed by atoms with Crippen molar-refractivity contribution in [2.45, 2.75) is 13.0 Å². The SMILES string of the molecule is CN=CCc1c[nH]c2cc(OCc3ccccc3)ccc12. The van der Waals surface area contributed by atoms with Gasteiger partial charge in [-0.15, -0.1) is 0 Å². The van der Waals surface area contributed by atoms with E-state index in [0.29, 0.717) is 6.61 Å². The van der Waals surface area contributed by atoms with Crippen LogP contribution in [0.15, 0.2) is 59.7 Å². The molecule has 0 fully saturated rings. The Morgan fingerprint density at radius 2 is 2.00 bits per heavy atom. The molecule has 3 heteroatoms. The van der Waals surface area contributed by atoms with E-state index in [1.807, 2.05) is 42.7 Å². The van der Waals surface area contributed by atoms with Gasteiger partial charge in [-0.3, -0.25) is 0 Å². The summed E-state index contributed by atoms with van der Waals surface area (Å²) in [6.45, 7) is 0.586. The molecule has 0 atom stereocenters. The fourth-order valence-corrected chi connectivity index (χ4v) is 2.35. The number of nitrogens with zero attached hydrogens (tertiary/aromatic N) is 1. The number of nitrogens with one attached hydrogen (secondary N) is 1. The average Bonchev–Trinajstić information content (AvgIpc) is 2.94. The molecule has 1 N–H and O–H groups in total. The van der Waals surface area contributed by atoms with Crippen molar-refractivity contribution in [1.29, 1.82) is 0 Å². The maximum Gasteiger partial charge on any atom is 0.121 e.